The Hall–Kier alpha value is -0.660. The topological polar surface area (TPSA) is 6.48 Å². The van der Waals surface area contributed by atoms with E-state index in [9.17, 15) is 0 Å². The van der Waals surface area contributed by atoms with E-state index in [1.165, 1.54) is 0 Å². The molecule has 0 unspecified atom stereocenters. The highest BCUT2D eigenvalue weighted by Crippen LogP contribution is 1.98. The molecule has 0 aliphatic heterocycles. The average molecular weight is 127 g/mol. The van der Waals surface area contributed by atoms with Crippen LogP contribution in [0.15, 0.2) is 5.82 Å². The fraction of sp³-hybridized carbons (Fsp3) is 0.714. The zero-order valence-corrected chi connectivity index (χ0v) is 6.89. The standard InChI is InChI=1S/C7H15N2/c1-6-7(8(2)3)9(4)5/h1-5H3. The molecule has 0 aliphatic carbocycles. The summed E-state index contributed by atoms with van der Waals surface area (Å²) in [5.41, 5.74) is 0. The van der Waals surface area contributed by atoms with Gasteiger partial charge in [0, 0.05) is 28.2 Å². The van der Waals surface area contributed by atoms with Gasteiger partial charge in [-0.2, -0.15) is 0 Å². The van der Waals surface area contributed by atoms with Crippen LogP contribution >= 0.6 is 0 Å². The molecule has 2 heteroatoms. The minimum Gasteiger partial charge on any atom is -0.364 e. The molecule has 0 aromatic carbocycles. The molecule has 0 fully saturated rings. The van der Waals surface area contributed by atoms with Gasteiger partial charge in [-0.15, -0.1) is 0 Å². The Balaban J connectivity index is 4.01. The second-order valence-electron chi connectivity index (χ2n) is 2.36. The maximum absolute atomic E-state index is 3.07. The van der Waals surface area contributed by atoms with E-state index >= 15 is 0 Å². The Morgan fingerprint density at radius 1 is 1.00 bits per heavy atom. The number of hydrogen-bond donors (Lipinski definition) is 0. The van der Waals surface area contributed by atoms with Crippen molar-refractivity contribution in [3.63, 3.8) is 0 Å². The second-order valence-corrected chi connectivity index (χ2v) is 2.36. The summed E-state index contributed by atoms with van der Waals surface area (Å²) in [4.78, 5) is 4.06. The predicted molar refractivity (Wildman–Crippen MR) is 39.8 cm³/mol. The second kappa shape index (κ2) is 3.38. The molecule has 53 valence electrons. The molecule has 0 atom stereocenters. The third-order valence-electron chi connectivity index (χ3n) is 1.07. The zero-order chi connectivity index (χ0) is 7.44. The van der Waals surface area contributed by atoms with E-state index in [0.717, 1.165) is 5.82 Å². The molecule has 0 aromatic rings. The molecule has 0 rings (SSSR count). The minimum atomic E-state index is 1.11. The number of rotatable bonds is 2. The number of nitrogens with zero attached hydrogens (tertiary/aromatic N) is 2. The fourth-order valence-corrected chi connectivity index (χ4v) is 0.847. The maximum Gasteiger partial charge on any atom is 0.106 e. The van der Waals surface area contributed by atoms with Crippen LogP contribution in [0.1, 0.15) is 6.92 Å². The summed E-state index contributed by atoms with van der Waals surface area (Å²) >= 11 is 0. The van der Waals surface area contributed by atoms with E-state index in [1.807, 2.05) is 44.9 Å². The lowest BCUT2D eigenvalue weighted by molar-refractivity contribution is 0.339. The molecule has 0 N–H and O–H groups in total. The van der Waals surface area contributed by atoms with E-state index in [2.05, 4.69) is 6.08 Å². The van der Waals surface area contributed by atoms with E-state index in [4.69, 9.17) is 0 Å². The van der Waals surface area contributed by atoms with Gasteiger partial charge in [-0.3, -0.25) is 0 Å². The van der Waals surface area contributed by atoms with Crippen molar-refractivity contribution in [1.29, 1.82) is 0 Å². The predicted octanol–water partition coefficient (Wildman–Crippen LogP) is 0.774. The fourth-order valence-electron chi connectivity index (χ4n) is 0.847. The molecule has 0 aromatic heterocycles. The molecule has 0 aliphatic rings. The highest BCUT2D eigenvalue weighted by Gasteiger charge is 1.97. The molecule has 0 saturated carbocycles. The molecule has 0 saturated heterocycles. The molecule has 9 heavy (non-hydrogen) atoms. The maximum atomic E-state index is 3.07. The van der Waals surface area contributed by atoms with E-state index in [1.54, 1.807) is 0 Å². The summed E-state index contributed by atoms with van der Waals surface area (Å²) in [6.45, 7) is 1.91. The first-order chi connectivity index (χ1) is 4.09. The molecule has 0 spiro atoms. The van der Waals surface area contributed by atoms with E-state index < -0.39 is 0 Å². The molecule has 0 bridgehead atoms. The van der Waals surface area contributed by atoms with Crippen LogP contribution in [0.5, 0.6) is 0 Å². The number of allylic oxidation sites excluding steroid dienone is 1. The Morgan fingerprint density at radius 2 is 1.33 bits per heavy atom. The molecule has 2 nitrogen and oxygen atoms in total. The Kier molecular flexibility index (Phi) is 3.13. The van der Waals surface area contributed by atoms with Crippen molar-refractivity contribution in [2.45, 2.75) is 6.92 Å². The minimum absolute atomic E-state index is 1.11. The highest BCUT2D eigenvalue weighted by atomic mass is 15.3. The average Bonchev–Trinajstić information content (AvgIpc) is 1.64. The van der Waals surface area contributed by atoms with Crippen molar-refractivity contribution >= 4 is 0 Å². The van der Waals surface area contributed by atoms with E-state index in [-0.39, 0.29) is 0 Å². The molecule has 0 amide bonds. The lowest BCUT2D eigenvalue weighted by atomic mass is 10.5. The van der Waals surface area contributed by atoms with Crippen LogP contribution in [0, 0.1) is 6.08 Å². The van der Waals surface area contributed by atoms with Gasteiger partial charge in [-0.1, -0.05) is 0 Å². The van der Waals surface area contributed by atoms with Crippen LogP contribution in [-0.2, 0) is 0 Å². The third kappa shape index (κ3) is 2.40. The summed E-state index contributed by atoms with van der Waals surface area (Å²) < 4.78 is 0. The summed E-state index contributed by atoms with van der Waals surface area (Å²) in [7, 11) is 8.02. The van der Waals surface area contributed by atoms with Crippen LogP contribution in [-0.4, -0.2) is 38.0 Å². The smallest absolute Gasteiger partial charge is 0.106 e. The van der Waals surface area contributed by atoms with Crippen LogP contribution in [0.3, 0.4) is 0 Å². The van der Waals surface area contributed by atoms with Crippen LogP contribution < -0.4 is 0 Å². The lowest BCUT2D eigenvalue weighted by Gasteiger charge is -2.23. The summed E-state index contributed by atoms with van der Waals surface area (Å²) in [5.74, 6) is 1.11. The van der Waals surface area contributed by atoms with Crippen molar-refractivity contribution in [3.05, 3.63) is 11.9 Å². The van der Waals surface area contributed by atoms with Gasteiger partial charge in [-0.25, -0.2) is 0 Å². The summed E-state index contributed by atoms with van der Waals surface area (Å²) in [6.07, 6.45) is 3.07. The van der Waals surface area contributed by atoms with Crippen molar-refractivity contribution in [2.75, 3.05) is 28.2 Å². The number of hydrogen-bond acceptors (Lipinski definition) is 2. The summed E-state index contributed by atoms with van der Waals surface area (Å²) in [6, 6.07) is 0. The largest absolute Gasteiger partial charge is 0.364 e. The molecular weight excluding hydrogens is 112 g/mol. The molecular formula is C7H15N2. The van der Waals surface area contributed by atoms with Gasteiger partial charge in [0.2, 0.25) is 0 Å². The van der Waals surface area contributed by atoms with Crippen molar-refractivity contribution in [1.82, 2.24) is 9.80 Å². The zero-order valence-electron chi connectivity index (χ0n) is 6.89. The van der Waals surface area contributed by atoms with Crippen molar-refractivity contribution in [3.8, 4) is 0 Å². The van der Waals surface area contributed by atoms with Crippen molar-refractivity contribution in [2.24, 2.45) is 0 Å². The first-order valence-corrected chi connectivity index (χ1v) is 2.99. The lowest BCUT2D eigenvalue weighted by Crippen LogP contribution is -2.24. The van der Waals surface area contributed by atoms with Gasteiger partial charge in [0.1, 0.15) is 5.82 Å². The van der Waals surface area contributed by atoms with Gasteiger partial charge in [0.05, 0.1) is 0 Å². The van der Waals surface area contributed by atoms with Gasteiger partial charge in [-0.05, 0) is 13.0 Å². The Morgan fingerprint density at radius 3 is 1.33 bits per heavy atom. The Labute approximate surface area is 57.8 Å². The first kappa shape index (κ1) is 8.34. The summed E-state index contributed by atoms with van der Waals surface area (Å²) in [5, 5.41) is 0. The van der Waals surface area contributed by atoms with Gasteiger partial charge in [0.25, 0.3) is 0 Å². The van der Waals surface area contributed by atoms with Gasteiger partial charge < -0.3 is 9.80 Å². The van der Waals surface area contributed by atoms with Crippen molar-refractivity contribution < 1.29 is 0 Å². The van der Waals surface area contributed by atoms with Crippen LogP contribution in [0.4, 0.5) is 0 Å². The molecule has 1 radical (unpaired) electrons. The van der Waals surface area contributed by atoms with E-state index in [0.29, 0.717) is 0 Å². The van der Waals surface area contributed by atoms with Gasteiger partial charge >= 0.3 is 0 Å². The Bertz CT molecular complexity index is 93.5. The highest BCUT2D eigenvalue weighted by molar-refractivity contribution is 4.88. The van der Waals surface area contributed by atoms with Crippen LogP contribution in [0.25, 0.3) is 0 Å². The molecule has 0 heterocycles. The monoisotopic (exact) mass is 127 g/mol. The van der Waals surface area contributed by atoms with Crippen LogP contribution in [0.2, 0.25) is 0 Å². The quantitative estimate of drug-likeness (QED) is 0.540. The van der Waals surface area contributed by atoms with Gasteiger partial charge in [0.15, 0.2) is 0 Å². The SMILES string of the molecule is C[C]=C(N(C)C)N(C)C. The normalized spacial score (nSPS) is 8.56. The third-order valence-corrected chi connectivity index (χ3v) is 1.07. The first-order valence-electron chi connectivity index (χ1n) is 2.99.